The minimum absolute atomic E-state index is 0.0188. The van der Waals surface area contributed by atoms with E-state index in [2.05, 4.69) is 34.8 Å². The molecule has 0 bridgehead atoms. The van der Waals surface area contributed by atoms with Crippen molar-refractivity contribution in [3.63, 3.8) is 0 Å². The molecule has 1 amide bonds. The SMILES string of the molecule is CCCCCONCc1ccccc1.Cc1nc(NC(=O)c2ccccc2S(C)(=O)=O)sc1C(=O)O. The van der Waals surface area contributed by atoms with Crippen LogP contribution >= 0.6 is 11.3 Å². The molecule has 0 aliphatic heterocycles. The first-order valence-electron chi connectivity index (χ1n) is 11.3. The zero-order valence-corrected chi connectivity index (χ0v) is 22.1. The number of aromatic nitrogens is 1. The number of amides is 1. The number of nitrogens with zero attached hydrogens (tertiary/aromatic N) is 1. The summed E-state index contributed by atoms with van der Waals surface area (Å²) in [7, 11) is -3.56. The quantitative estimate of drug-likeness (QED) is 0.238. The van der Waals surface area contributed by atoms with Crippen LogP contribution in [0.25, 0.3) is 0 Å². The summed E-state index contributed by atoms with van der Waals surface area (Å²) in [6.45, 7) is 5.30. The molecule has 0 radical (unpaired) electrons. The number of anilines is 1. The van der Waals surface area contributed by atoms with Gasteiger partial charge in [0.05, 0.1) is 22.8 Å². The lowest BCUT2D eigenvalue weighted by Crippen LogP contribution is -2.15. The van der Waals surface area contributed by atoms with Crippen LogP contribution in [0.4, 0.5) is 5.13 Å². The maximum Gasteiger partial charge on any atom is 0.347 e. The molecule has 1 heterocycles. The largest absolute Gasteiger partial charge is 0.477 e. The van der Waals surface area contributed by atoms with Gasteiger partial charge in [0.2, 0.25) is 0 Å². The van der Waals surface area contributed by atoms with Crippen LogP contribution in [0.5, 0.6) is 0 Å². The van der Waals surface area contributed by atoms with Gasteiger partial charge in [0.25, 0.3) is 5.91 Å². The first-order valence-corrected chi connectivity index (χ1v) is 14.0. The van der Waals surface area contributed by atoms with Crippen molar-refractivity contribution in [2.45, 2.75) is 44.6 Å². The summed E-state index contributed by atoms with van der Waals surface area (Å²) in [6.07, 6.45) is 4.63. The van der Waals surface area contributed by atoms with Gasteiger partial charge in [-0.3, -0.25) is 10.1 Å². The van der Waals surface area contributed by atoms with Gasteiger partial charge in [-0.15, -0.1) is 0 Å². The van der Waals surface area contributed by atoms with E-state index >= 15 is 0 Å². The van der Waals surface area contributed by atoms with Crippen LogP contribution in [-0.4, -0.2) is 43.2 Å². The van der Waals surface area contributed by atoms with E-state index in [-0.39, 0.29) is 26.2 Å². The molecule has 0 fully saturated rings. The van der Waals surface area contributed by atoms with E-state index in [4.69, 9.17) is 9.94 Å². The first-order chi connectivity index (χ1) is 17.1. The van der Waals surface area contributed by atoms with E-state index in [1.54, 1.807) is 6.07 Å². The fourth-order valence-electron chi connectivity index (χ4n) is 3.02. The number of rotatable bonds is 11. The number of thiazole rings is 1. The number of carbonyl (C=O) groups excluding carboxylic acids is 1. The van der Waals surface area contributed by atoms with Crippen LogP contribution in [-0.2, 0) is 21.2 Å². The van der Waals surface area contributed by atoms with Gasteiger partial charge >= 0.3 is 5.97 Å². The van der Waals surface area contributed by atoms with E-state index < -0.39 is 21.7 Å². The molecule has 3 aromatic rings. The Morgan fingerprint density at radius 3 is 2.33 bits per heavy atom. The smallest absolute Gasteiger partial charge is 0.347 e. The van der Waals surface area contributed by atoms with E-state index in [0.717, 1.165) is 37.2 Å². The molecule has 3 rings (SSSR count). The van der Waals surface area contributed by atoms with Gasteiger partial charge < -0.3 is 9.94 Å². The standard InChI is InChI=1S/C13H12N2O5S2.C12H19NO/c1-7-10(12(17)18)21-13(14-7)15-11(16)8-5-3-4-6-9(8)22(2,19)20;1-2-3-7-10-14-13-11-12-8-5-4-6-9-12/h3-6H,1-2H3,(H,17,18)(H,14,15,16);4-6,8-9,13H,2-3,7,10-11H2,1H3. The Morgan fingerprint density at radius 1 is 1.06 bits per heavy atom. The summed E-state index contributed by atoms with van der Waals surface area (Å²) in [5.74, 6) is -1.79. The van der Waals surface area contributed by atoms with Crippen molar-refractivity contribution in [1.29, 1.82) is 0 Å². The third-order valence-electron chi connectivity index (χ3n) is 4.81. The van der Waals surface area contributed by atoms with Crippen LogP contribution in [0.3, 0.4) is 0 Å². The second-order valence-corrected chi connectivity index (χ2v) is 10.8. The Labute approximate surface area is 215 Å². The van der Waals surface area contributed by atoms with Crippen molar-refractivity contribution in [3.8, 4) is 0 Å². The molecule has 0 unspecified atom stereocenters. The maximum absolute atomic E-state index is 12.2. The van der Waals surface area contributed by atoms with E-state index in [1.807, 2.05) is 18.2 Å². The second-order valence-electron chi connectivity index (χ2n) is 7.82. The Balaban J connectivity index is 0.000000281. The summed E-state index contributed by atoms with van der Waals surface area (Å²) < 4.78 is 23.4. The third-order valence-corrected chi connectivity index (χ3v) is 7.03. The molecule has 0 aliphatic rings. The van der Waals surface area contributed by atoms with Gasteiger partial charge in [-0.1, -0.05) is 73.6 Å². The van der Waals surface area contributed by atoms with Gasteiger partial charge in [-0.25, -0.2) is 18.2 Å². The molecular formula is C25H31N3O6S2. The van der Waals surface area contributed by atoms with E-state index in [0.29, 0.717) is 0 Å². The third kappa shape index (κ3) is 9.50. The highest BCUT2D eigenvalue weighted by Crippen LogP contribution is 2.24. The molecule has 0 saturated heterocycles. The van der Waals surface area contributed by atoms with Crippen molar-refractivity contribution in [2.24, 2.45) is 0 Å². The zero-order valence-electron chi connectivity index (χ0n) is 20.5. The van der Waals surface area contributed by atoms with E-state index in [9.17, 15) is 18.0 Å². The van der Waals surface area contributed by atoms with Gasteiger partial charge in [0.1, 0.15) is 4.88 Å². The summed E-state index contributed by atoms with van der Waals surface area (Å²) in [6, 6.07) is 16.0. The number of sulfone groups is 1. The first kappa shape index (κ1) is 29.1. The highest BCUT2D eigenvalue weighted by Gasteiger charge is 2.20. The molecule has 1 aromatic heterocycles. The predicted molar refractivity (Wildman–Crippen MR) is 140 cm³/mol. The predicted octanol–water partition coefficient (Wildman–Crippen LogP) is 4.70. The number of hydrogen-bond donors (Lipinski definition) is 3. The number of nitrogens with one attached hydrogen (secondary N) is 2. The molecular weight excluding hydrogens is 502 g/mol. The lowest BCUT2D eigenvalue weighted by atomic mass is 10.2. The van der Waals surface area contributed by atoms with E-state index in [1.165, 1.54) is 43.5 Å². The molecule has 11 heteroatoms. The number of carboxylic acids is 1. The van der Waals surface area contributed by atoms with Crippen LogP contribution in [0.15, 0.2) is 59.5 Å². The lowest BCUT2D eigenvalue weighted by molar-refractivity contribution is 0.0342. The summed E-state index contributed by atoms with van der Waals surface area (Å²) in [4.78, 5) is 32.3. The van der Waals surface area contributed by atoms with Crippen molar-refractivity contribution in [2.75, 3.05) is 18.2 Å². The fourth-order valence-corrected chi connectivity index (χ4v) is 4.70. The number of hydroxylamine groups is 1. The minimum atomic E-state index is -3.56. The average molecular weight is 534 g/mol. The van der Waals surface area contributed by atoms with Gasteiger partial charge in [0, 0.05) is 12.8 Å². The van der Waals surface area contributed by atoms with Crippen LogP contribution in [0.2, 0.25) is 0 Å². The molecule has 0 spiro atoms. The number of aromatic carboxylic acids is 1. The number of hydrogen-bond acceptors (Lipinski definition) is 8. The molecule has 194 valence electrons. The summed E-state index contributed by atoms with van der Waals surface area (Å²) in [5.41, 5.74) is 4.48. The highest BCUT2D eigenvalue weighted by atomic mass is 32.2. The molecule has 2 aromatic carbocycles. The monoisotopic (exact) mass is 533 g/mol. The Morgan fingerprint density at radius 2 is 1.72 bits per heavy atom. The molecule has 0 saturated carbocycles. The average Bonchev–Trinajstić information content (AvgIpc) is 3.22. The molecule has 0 aliphatic carbocycles. The van der Waals surface area contributed by atoms with Crippen molar-refractivity contribution < 1.29 is 28.0 Å². The molecule has 0 atom stereocenters. The number of unbranched alkanes of at least 4 members (excludes halogenated alkanes) is 2. The number of aryl methyl sites for hydroxylation is 1. The van der Waals surface area contributed by atoms with Crippen molar-refractivity contribution >= 4 is 38.2 Å². The minimum Gasteiger partial charge on any atom is -0.477 e. The summed E-state index contributed by atoms with van der Waals surface area (Å²) >= 11 is 0.812. The maximum atomic E-state index is 12.2. The molecule has 36 heavy (non-hydrogen) atoms. The number of carboxylic acid groups (broad SMARTS) is 1. The zero-order chi connectivity index (χ0) is 26.6. The van der Waals surface area contributed by atoms with Gasteiger partial charge in [0.15, 0.2) is 15.0 Å². The molecule has 3 N–H and O–H groups in total. The Kier molecular flexibility index (Phi) is 11.7. The van der Waals surface area contributed by atoms with Crippen LogP contribution in [0, 0.1) is 6.92 Å². The Bertz CT molecular complexity index is 1240. The van der Waals surface area contributed by atoms with Gasteiger partial charge in [-0.2, -0.15) is 5.48 Å². The summed E-state index contributed by atoms with van der Waals surface area (Å²) in [5, 5.41) is 11.5. The van der Waals surface area contributed by atoms with Crippen molar-refractivity contribution in [1.82, 2.24) is 10.5 Å². The lowest BCUT2D eigenvalue weighted by Gasteiger charge is -2.06. The van der Waals surface area contributed by atoms with Crippen molar-refractivity contribution in [3.05, 3.63) is 76.3 Å². The molecule has 9 nitrogen and oxygen atoms in total. The van der Waals surface area contributed by atoms with Crippen LogP contribution in [0.1, 0.15) is 57.5 Å². The highest BCUT2D eigenvalue weighted by molar-refractivity contribution is 7.90. The second kappa shape index (κ2) is 14.4. The number of benzene rings is 2. The normalized spacial score (nSPS) is 10.9. The van der Waals surface area contributed by atoms with Gasteiger partial charge in [-0.05, 0) is 31.0 Å². The number of carbonyl (C=O) groups is 2. The topological polar surface area (TPSA) is 135 Å². The Hall–Kier alpha value is -3.12. The fraction of sp³-hybridized carbons (Fsp3) is 0.320. The van der Waals surface area contributed by atoms with Crippen LogP contribution < -0.4 is 10.8 Å².